The summed E-state index contributed by atoms with van der Waals surface area (Å²) in [5, 5.41) is 17.0. The summed E-state index contributed by atoms with van der Waals surface area (Å²) in [4.78, 5) is 0. The van der Waals surface area contributed by atoms with Crippen LogP contribution in [0, 0.1) is 0 Å². The van der Waals surface area contributed by atoms with Gasteiger partial charge >= 0.3 is 0 Å². The summed E-state index contributed by atoms with van der Waals surface area (Å²) in [6.07, 6.45) is 0. The van der Waals surface area contributed by atoms with Crippen molar-refractivity contribution < 1.29 is 0 Å². The van der Waals surface area contributed by atoms with Crippen molar-refractivity contribution in [2.24, 2.45) is 0 Å². The monoisotopic (exact) mass is 678 g/mol. The third-order valence-corrected chi connectivity index (χ3v) is 13.1. The van der Waals surface area contributed by atoms with Gasteiger partial charge < -0.3 is 0 Å². The molecule has 0 aliphatic carbocycles. The Morgan fingerprint density at radius 3 is 1.10 bits per heavy atom. The van der Waals surface area contributed by atoms with Crippen molar-refractivity contribution in [3.05, 3.63) is 176 Å². The molecule has 0 atom stereocenters. The molecule has 0 amide bonds. The standard InChI is InChI=1S/C51H38Si/c1-52(2,3)39-27-37(50-30-34-15-5-7-17-41(34)43-19-9-11-21-45(43)50)26-38(28-39)51-32-36-25-24-35(31-49(36)46-22-12-13-23-47(46)51)48-29-33-14-4-6-16-40(33)42-18-8-10-20-44(42)48/h4-32H,1-3H3. The Morgan fingerprint density at radius 1 is 0.269 bits per heavy atom. The maximum atomic E-state index is 2.49. The summed E-state index contributed by atoms with van der Waals surface area (Å²) < 4.78 is 0. The smallest absolute Gasteiger partial charge is 0.0656 e. The molecular weight excluding hydrogens is 641 g/mol. The summed E-state index contributed by atoms with van der Waals surface area (Å²) in [6, 6.07) is 66.0. The van der Waals surface area contributed by atoms with Crippen LogP contribution < -0.4 is 5.19 Å². The second-order valence-corrected chi connectivity index (χ2v) is 20.4. The molecule has 246 valence electrons. The molecule has 0 saturated carbocycles. The predicted molar refractivity (Wildman–Crippen MR) is 231 cm³/mol. The average molecular weight is 679 g/mol. The van der Waals surface area contributed by atoms with Crippen molar-refractivity contribution in [1.82, 2.24) is 0 Å². The number of rotatable bonds is 4. The molecule has 10 aromatic carbocycles. The normalized spacial score (nSPS) is 12.1. The van der Waals surface area contributed by atoms with E-state index in [1.165, 1.54) is 103 Å². The second kappa shape index (κ2) is 11.8. The first-order valence-electron chi connectivity index (χ1n) is 18.3. The van der Waals surface area contributed by atoms with E-state index in [0.29, 0.717) is 0 Å². The Morgan fingerprint density at radius 2 is 0.635 bits per heavy atom. The van der Waals surface area contributed by atoms with Crippen LogP contribution in [0.3, 0.4) is 0 Å². The fraction of sp³-hybridized carbons (Fsp3) is 0.0588. The largest absolute Gasteiger partial charge is 0.0776 e. The van der Waals surface area contributed by atoms with E-state index in [1.54, 1.807) is 0 Å². The molecule has 0 fully saturated rings. The number of fused-ring (bicyclic) bond motifs is 9. The Balaban J connectivity index is 1.21. The van der Waals surface area contributed by atoms with Gasteiger partial charge in [-0.1, -0.05) is 170 Å². The Bertz CT molecular complexity index is 3050. The first-order valence-corrected chi connectivity index (χ1v) is 21.8. The zero-order chi connectivity index (χ0) is 35.0. The Kier molecular flexibility index (Phi) is 6.96. The Labute approximate surface area is 305 Å². The lowest BCUT2D eigenvalue weighted by Gasteiger charge is -2.22. The van der Waals surface area contributed by atoms with Crippen LogP contribution in [0.25, 0.3) is 98.0 Å². The van der Waals surface area contributed by atoms with Crippen LogP contribution in [0.1, 0.15) is 0 Å². The van der Waals surface area contributed by atoms with Gasteiger partial charge in [-0.3, -0.25) is 0 Å². The molecule has 0 saturated heterocycles. The minimum atomic E-state index is -1.69. The van der Waals surface area contributed by atoms with Gasteiger partial charge in [-0.05, 0) is 128 Å². The lowest BCUT2D eigenvalue weighted by Crippen LogP contribution is -2.37. The molecule has 0 aromatic heterocycles. The van der Waals surface area contributed by atoms with Gasteiger partial charge in [-0.15, -0.1) is 0 Å². The van der Waals surface area contributed by atoms with E-state index >= 15 is 0 Å². The van der Waals surface area contributed by atoms with Crippen LogP contribution >= 0.6 is 0 Å². The number of hydrogen-bond acceptors (Lipinski definition) is 0. The van der Waals surface area contributed by atoms with Crippen molar-refractivity contribution in [1.29, 1.82) is 0 Å². The summed E-state index contributed by atoms with van der Waals surface area (Å²) in [5.41, 5.74) is 7.69. The molecule has 0 radical (unpaired) electrons. The van der Waals surface area contributed by atoms with Crippen molar-refractivity contribution in [2.75, 3.05) is 0 Å². The van der Waals surface area contributed by atoms with E-state index < -0.39 is 8.07 Å². The minimum Gasteiger partial charge on any atom is -0.0656 e. The Hall–Kier alpha value is -6.02. The van der Waals surface area contributed by atoms with Crippen LogP contribution in [0.4, 0.5) is 0 Å². The number of hydrogen-bond donors (Lipinski definition) is 0. The molecule has 0 bridgehead atoms. The van der Waals surface area contributed by atoms with Gasteiger partial charge in [0.25, 0.3) is 0 Å². The van der Waals surface area contributed by atoms with Crippen molar-refractivity contribution >= 4 is 77.9 Å². The van der Waals surface area contributed by atoms with E-state index in [4.69, 9.17) is 0 Å². The van der Waals surface area contributed by atoms with Crippen molar-refractivity contribution in [3.63, 3.8) is 0 Å². The van der Waals surface area contributed by atoms with Crippen LogP contribution in [0.2, 0.25) is 19.6 Å². The summed E-state index contributed by atoms with van der Waals surface area (Å²) in [7, 11) is -1.69. The topological polar surface area (TPSA) is 0 Å². The lowest BCUT2D eigenvalue weighted by molar-refractivity contribution is 1.63. The van der Waals surface area contributed by atoms with Gasteiger partial charge in [-0.2, -0.15) is 0 Å². The highest BCUT2D eigenvalue weighted by Gasteiger charge is 2.21. The maximum absolute atomic E-state index is 2.49. The van der Waals surface area contributed by atoms with E-state index in [2.05, 4.69) is 196 Å². The molecule has 0 unspecified atom stereocenters. The van der Waals surface area contributed by atoms with Gasteiger partial charge in [0.2, 0.25) is 0 Å². The summed E-state index contributed by atoms with van der Waals surface area (Å²) in [6.45, 7) is 7.39. The van der Waals surface area contributed by atoms with E-state index in [-0.39, 0.29) is 0 Å². The molecule has 0 spiro atoms. The van der Waals surface area contributed by atoms with Crippen LogP contribution in [-0.2, 0) is 0 Å². The first kappa shape index (κ1) is 30.8. The zero-order valence-corrected chi connectivity index (χ0v) is 30.7. The molecule has 0 heterocycles. The highest BCUT2D eigenvalue weighted by Crippen LogP contribution is 2.42. The molecule has 52 heavy (non-hydrogen) atoms. The molecule has 1 heteroatoms. The van der Waals surface area contributed by atoms with Gasteiger partial charge in [0.15, 0.2) is 0 Å². The van der Waals surface area contributed by atoms with Crippen LogP contribution in [0.5, 0.6) is 0 Å². The van der Waals surface area contributed by atoms with Gasteiger partial charge in [0, 0.05) is 0 Å². The molecule has 10 rings (SSSR count). The van der Waals surface area contributed by atoms with Crippen LogP contribution in [-0.4, -0.2) is 8.07 Å². The zero-order valence-electron chi connectivity index (χ0n) is 29.7. The molecule has 10 aromatic rings. The molecular formula is C51H38Si. The SMILES string of the molecule is C[Si](C)(C)c1cc(-c2cc3ccccc3c3ccccc23)cc(-c2cc3ccc(-c4cc5ccccc5c5ccccc45)cc3c3ccccc23)c1. The highest BCUT2D eigenvalue weighted by molar-refractivity contribution is 6.88. The first-order chi connectivity index (χ1) is 25.4. The average Bonchev–Trinajstić information content (AvgIpc) is 3.19. The summed E-state index contributed by atoms with van der Waals surface area (Å²) >= 11 is 0. The quantitative estimate of drug-likeness (QED) is 0.128. The van der Waals surface area contributed by atoms with E-state index in [1.807, 2.05) is 0 Å². The lowest BCUT2D eigenvalue weighted by atomic mass is 9.88. The predicted octanol–water partition coefficient (Wildman–Crippen LogP) is 14.2. The minimum absolute atomic E-state index is 1.25. The van der Waals surface area contributed by atoms with Gasteiger partial charge in [0.05, 0.1) is 8.07 Å². The maximum Gasteiger partial charge on any atom is 0.0776 e. The number of benzene rings is 10. The molecule has 0 aliphatic heterocycles. The molecule has 0 aliphatic rings. The second-order valence-electron chi connectivity index (χ2n) is 15.3. The fourth-order valence-corrected chi connectivity index (χ4v) is 9.64. The van der Waals surface area contributed by atoms with Gasteiger partial charge in [-0.25, -0.2) is 0 Å². The third kappa shape index (κ3) is 4.96. The molecule has 0 nitrogen and oxygen atoms in total. The van der Waals surface area contributed by atoms with Crippen LogP contribution in [0.15, 0.2) is 176 Å². The van der Waals surface area contributed by atoms with E-state index in [9.17, 15) is 0 Å². The van der Waals surface area contributed by atoms with Crippen molar-refractivity contribution in [2.45, 2.75) is 19.6 Å². The van der Waals surface area contributed by atoms with Gasteiger partial charge in [0.1, 0.15) is 0 Å². The molecule has 0 N–H and O–H groups in total. The third-order valence-electron chi connectivity index (χ3n) is 11.1. The fourth-order valence-electron chi connectivity index (χ4n) is 8.47. The highest BCUT2D eigenvalue weighted by atomic mass is 28.3. The van der Waals surface area contributed by atoms with Crippen molar-refractivity contribution in [3.8, 4) is 33.4 Å². The summed E-state index contributed by atoms with van der Waals surface area (Å²) in [5.74, 6) is 0. The van der Waals surface area contributed by atoms with E-state index in [0.717, 1.165) is 0 Å².